The number of amides is 1. The molecule has 0 spiro atoms. The number of benzene rings is 2. The Morgan fingerprint density at radius 1 is 1.03 bits per heavy atom. The maximum atomic E-state index is 12.8. The van der Waals surface area contributed by atoms with Gasteiger partial charge in [0.15, 0.2) is 11.5 Å². The number of nitrogens with one attached hydrogen (secondary N) is 1. The molecule has 0 saturated carbocycles. The molecule has 0 bridgehead atoms. The van der Waals surface area contributed by atoms with Crippen molar-refractivity contribution in [2.24, 2.45) is 0 Å². The van der Waals surface area contributed by atoms with Crippen LogP contribution in [0.3, 0.4) is 0 Å². The van der Waals surface area contributed by atoms with Gasteiger partial charge in [-0.3, -0.25) is 9.10 Å². The van der Waals surface area contributed by atoms with Crippen LogP contribution in [0.25, 0.3) is 0 Å². The monoisotopic (exact) mass is 446 g/mol. The van der Waals surface area contributed by atoms with Gasteiger partial charge in [0.2, 0.25) is 15.9 Å². The molecule has 1 unspecified atom stereocenters. The van der Waals surface area contributed by atoms with Crippen LogP contribution in [-0.2, 0) is 27.7 Å². The minimum absolute atomic E-state index is 0.230. The van der Waals surface area contributed by atoms with Crippen LogP contribution in [-0.4, -0.2) is 41.3 Å². The number of aryl methyl sites for hydroxylation is 2. The molecule has 0 radical (unpaired) electrons. The van der Waals surface area contributed by atoms with E-state index in [0.717, 1.165) is 29.0 Å². The average Bonchev–Trinajstić information content (AvgIpc) is 2.75. The highest BCUT2D eigenvalue weighted by molar-refractivity contribution is 7.92. The van der Waals surface area contributed by atoms with Crippen LogP contribution in [0.5, 0.6) is 11.5 Å². The predicted octanol–water partition coefficient (Wildman–Crippen LogP) is 3.23. The van der Waals surface area contributed by atoms with Crippen molar-refractivity contribution in [2.75, 3.05) is 31.3 Å². The quantitative estimate of drug-likeness (QED) is 0.673. The lowest BCUT2D eigenvalue weighted by molar-refractivity contribution is -0.120. The number of hydrogen-bond acceptors (Lipinski definition) is 5. The molecule has 0 saturated heterocycles. The topological polar surface area (TPSA) is 84.9 Å². The smallest absolute Gasteiger partial charge is 0.241 e. The number of ether oxygens (including phenoxy) is 2. The number of hydrogen-bond donors (Lipinski definition) is 1. The lowest BCUT2D eigenvalue weighted by Gasteiger charge is -2.24. The van der Waals surface area contributed by atoms with Gasteiger partial charge >= 0.3 is 0 Å². The van der Waals surface area contributed by atoms with Gasteiger partial charge in [0.25, 0.3) is 0 Å². The maximum absolute atomic E-state index is 12.8. The van der Waals surface area contributed by atoms with E-state index in [1.165, 1.54) is 38.2 Å². The van der Waals surface area contributed by atoms with E-state index in [9.17, 15) is 13.2 Å². The second kappa shape index (κ2) is 9.60. The van der Waals surface area contributed by atoms with Crippen LogP contribution >= 0.6 is 0 Å². The van der Waals surface area contributed by atoms with Crippen molar-refractivity contribution in [2.45, 2.75) is 38.6 Å². The fraction of sp³-hybridized carbons (Fsp3) is 0.435. The third-order valence-corrected chi connectivity index (χ3v) is 6.73. The SMILES string of the molecule is COc1ccc(N(CC(=O)NC(C)c2ccc3c(c2)CCCC3)S(C)(=O)=O)cc1OC. The highest BCUT2D eigenvalue weighted by Crippen LogP contribution is 2.32. The van der Waals surface area contributed by atoms with Gasteiger partial charge in [0, 0.05) is 6.07 Å². The minimum Gasteiger partial charge on any atom is -0.493 e. The van der Waals surface area contributed by atoms with E-state index in [4.69, 9.17) is 9.47 Å². The number of rotatable bonds is 8. The number of anilines is 1. The summed E-state index contributed by atoms with van der Waals surface area (Å²) in [6.45, 7) is 1.58. The molecule has 31 heavy (non-hydrogen) atoms. The Bertz CT molecular complexity index is 1050. The number of carbonyl (C=O) groups is 1. The third kappa shape index (κ3) is 5.50. The van der Waals surface area contributed by atoms with Crippen LogP contribution in [0.1, 0.15) is 42.5 Å². The van der Waals surface area contributed by atoms with Crippen molar-refractivity contribution in [3.05, 3.63) is 53.1 Å². The minimum atomic E-state index is -3.69. The number of fused-ring (bicyclic) bond motifs is 1. The summed E-state index contributed by atoms with van der Waals surface area (Å²) in [5.41, 5.74) is 4.07. The van der Waals surface area contributed by atoms with E-state index in [2.05, 4.69) is 17.4 Å². The second-order valence-electron chi connectivity index (χ2n) is 7.83. The molecule has 1 N–H and O–H groups in total. The largest absolute Gasteiger partial charge is 0.493 e. The maximum Gasteiger partial charge on any atom is 0.241 e. The first-order valence-electron chi connectivity index (χ1n) is 10.3. The van der Waals surface area contributed by atoms with E-state index < -0.39 is 10.0 Å². The molecule has 8 heteroatoms. The Morgan fingerprint density at radius 3 is 2.35 bits per heavy atom. The van der Waals surface area contributed by atoms with Crippen LogP contribution in [0.4, 0.5) is 5.69 Å². The standard InChI is InChI=1S/C23H30N2O5S/c1-16(18-10-9-17-7-5-6-8-19(17)13-18)24-23(26)15-25(31(4,27)28)20-11-12-21(29-2)22(14-20)30-3/h9-14,16H,5-8,15H2,1-4H3,(H,24,26). The summed E-state index contributed by atoms with van der Waals surface area (Å²) in [5.74, 6) is 0.479. The Hall–Kier alpha value is -2.74. The molecule has 0 aliphatic heterocycles. The zero-order valence-corrected chi connectivity index (χ0v) is 19.3. The molecule has 2 aromatic rings. The van der Waals surface area contributed by atoms with Gasteiger partial charge in [-0.1, -0.05) is 18.2 Å². The predicted molar refractivity (Wildman–Crippen MR) is 121 cm³/mol. The molecule has 1 aliphatic carbocycles. The fourth-order valence-corrected chi connectivity index (χ4v) is 4.75. The summed E-state index contributed by atoms with van der Waals surface area (Å²) in [6.07, 6.45) is 5.64. The normalized spacial score (nSPS) is 14.3. The highest BCUT2D eigenvalue weighted by atomic mass is 32.2. The zero-order valence-electron chi connectivity index (χ0n) is 18.5. The van der Waals surface area contributed by atoms with Crippen LogP contribution in [0.15, 0.2) is 36.4 Å². The van der Waals surface area contributed by atoms with E-state index in [-0.39, 0.29) is 18.5 Å². The number of methoxy groups -OCH3 is 2. The first kappa shape index (κ1) is 22.9. The molecule has 1 atom stereocenters. The molecule has 168 valence electrons. The number of sulfonamides is 1. The van der Waals surface area contributed by atoms with Crippen molar-refractivity contribution in [1.29, 1.82) is 0 Å². The Balaban J connectivity index is 1.76. The Morgan fingerprint density at radius 2 is 1.71 bits per heavy atom. The van der Waals surface area contributed by atoms with Gasteiger partial charge in [0.05, 0.1) is 32.2 Å². The van der Waals surface area contributed by atoms with E-state index >= 15 is 0 Å². The van der Waals surface area contributed by atoms with Gasteiger partial charge in [-0.25, -0.2) is 8.42 Å². The number of nitrogens with zero attached hydrogens (tertiary/aromatic N) is 1. The van der Waals surface area contributed by atoms with Gasteiger partial charge in [0.1, 0.15) is 6.54 Å². The van der Waals surface area contributed by atoms with Gasteiger partial charge in [-0.05, 0) is 61.4 Å². The zero-order chi connectivity index (χ0) is 22.6. The summed E-state index contributed by atoms with van der Waals surface area (Å²) in [4.78, 5) is 12.8. The van der Waals surface area contributed by atoms with Crippen molar-refractivity contribution in [1.82, 2.24) is 5.32 Å². The third-order valence-electron chi connectivity index (χ3n) is 5.59. The summed E-state index contributed by atoms with van der Waals surface area (Å²) < 4.78 is 36.4. The molecule has 2 aromatic carbocycles. The summed E-state index contributed by atoms with van der Waals surface area (Å²) in [5, 5.41) is 2.93. The average molecular weight is 447 g/mol. The van der Waals surface area contributed by atoms with Gasteiger partial charge in [-0.2, -0.15) is 0 Å². The first-order valence-corrected chi connectivity index (χ1v) is 12.2. The fourth-order valence-electron chi connectivity index (χ4n) is 3.90. The molecule has 0 fully saturated rings. The number of carbonyl (C=O) groups excluding carboxylic acids is 1. The van der Waals surface area contributed by atoms with Crippen LogP contribution in [0, 0.1) is 0 Å². The van der Waals surface area contributed by atoms with Crippen molar-refractivity contribution >= 4 is 21.6 Å². The molecule has 0 heterocycles. The summed E-state index contributed by atoms with van der Waals surface area (Å²) in [7, 11) is -0.721. The van der Waals surface area contributed by atoms with Crippen molar-refractivity contribution in [3.8, 4) is 11.5 Å². The lowest BCUT2D eigenvalue weighted by atomic mass is 9.89. The van der Waals surface area contributed by atoms with Gasteiger partial charge in [-0.15, -0.1) is 0 Å². The highest BCUT2D eigenvalue weighted by Gasteiger charge is 2.23. The molecule has 0 aromatic heterocycles. The molecular formula is C23H30N2O5S. The van der Waals surface area contributed by atoms with Crippen molar-refractivity contribution < 1.29 is 22.7 Å². The Labute approximate surface area is 184 Å². The summed E-state index contributed by atoms with van der Waals surface area (Å²) in [6, 6.07) is 10.8. The van der Waals surface area contributed by atoms with E-state index in [1.54, 1.807) is 18.2 Å². The molecule has 1 aliphatic rings. The molecule has 7 nitrogen and oxygen atoms in total. The Kier molecular flexibility index (Phi) is 7.10. The summed E-state index contributed by atoms with van der Waals surface area (Å²) >= 11 is 0. The van der Waals surface area contributed by atoms with E-state index in [1.807, 2.05) is 13.0 Å². The first-order chi connectivity index (χ1) is 14.7. The van der Waals surface area contributed by atoms with E-state index in [0.29, 0.717) is 17.2 Å². The second-order valence-corrected chi connectivity index (χ2v) is 9.74. The van der Waals surface area contributed by atoms with Crippen molar-refractivity contribution in [3.63, 3.8) is 0 Å². The van der Waals surface area contributed by atoms with Crippen LogP contribution in [0.2, 0.25) is 0 Å². The molecule has 3 rings (SSSR count). The lowest BCUT2D eigenvalue weighted by Crippen LogP contribution is -2.41. The molecular weight excluding hydrogens is 416 g/mol. The van der Waals surface area contributed by atoms with Gasteiger partial charge < -0.3 is 14.8 Å². The molecule has 1 amide bonds. The van der Waals surface area contributed by atoms with Crippen LogP contribution < -0.4 is 19.1 Å².